The van der Waals surface area contributed by atoms with E-state index in [-0.39, 0.29) is 9.77 Å². The Morgan fingerprint density at radius 1 is 1.29 bits per heavy atom. The lowest BCUT2D eigenvalue weighted by Gasteiger charge is -2.05. The van der Waals surface area contributed by atoms with E-state index in [0.717, 1.165) is 11.3 Å². The van der Waals surface area contributed by atoms with Crippen LogP contribution in [0.25, 0.3) is 0 Å². The van der Waals surface area contributed by atoms with Gasteiger partial charge in [-0.15, -0.1) is 0 Å². The number of nitrogens with zero attached hydrogens (tertiary/aromatic N) is 1. The monoisotopic (exact) mass is 327 g/mol. The number of carbonyl (C=O) groups is 1. The summed E-state index contributed by atoms with van der Waals surface area (Å²) in [6.45, 7) is 1.68. The van der Waals surface area contributed by atoms with Crippen LogP contribution in [0.3, 0.4) is 0 Å². The molecular weight excluding hydrogens is 314 g/mol. The minimum Gasteiger partial charge on any atom is -0.321 e. The molecule has 7 nitrogen and oxygen atoms in total. The number of benzene rings is 1. The van der Waals surface area contributed by atoms with Crippen LogP contribution in [0.4, 0.5) is 5.69 Å². The number of primary sulfonamides is 1. The lowest BCUT2D eigenvalue weighted by molar-refractivity contribution is 0.102. The highest BCUT2D eigenvalue weighted by Gasteiger charge is 2.16. The molecule has 1 amide bonds. The molecule has 1 heterocycles. The van der Waals surface area contributed by atoms with Gasteiger partial charge in [0.2, 0.25) is 10.0 Å². The average Bonchev–Trinajstić information content (AvgIpc) is 2.66. The molecular formula is C12H13N3O4S2. The van der Waals surface area contributed by atoms with Crippen molar-refractivity contribution < 1.29 is 13.2 Å². The highest BCUT2D eigenvalue weighted by molar-refractivity contribution is 7.89. The van der Waals surface area contributed by atoms with Gasteiger partial charge in [0.1, 0.15) is 4.88 Å². The number of nitrogens with one attached hydrogen (secondary N) is 1. The SMILES string of the molecule is Cc1c(C(=O)Nc2ccc(S(N)(=O)=O)cc2)sc(=O)n1C. The standard InChI is InChI=1S/C12H13N3O4S2/c1-7-10(20-12(17)15(7)2)11(16)14-8-3-5-9(6-4-8)21(13,18)19/h3-6H,1-2H3,(H,14,16)(H2,13,18,19). The first kappa shape index (κ1) is 15.4. The molecule has 2 rings (SSSR count). The molecule has 21 heavy (non-hydrogen) atoms. The Morgan fingerprint density at radius 2 is 1.86 bits per heavy atom. The second-order valence-electron chi connectivity index (χ2n) is 4.37. The second-order valence-corrected chi connectivity index (χ2v) is 6.89. The van der Waals surface area contributed by atoms with Crippen molar-refractivity contribution in [1.82, 2.24) is 4.57 Å². The number of sulfonamides is 1. The number of amides is 1. The van der Waals surface area contributed by atoms with Gasteiger partial charge in [-0.1, -0.05) is 11.3 Å². The van der Waals surface area contributed by atoms with Crippen LogP contribution in [0.5, 0.6) is 0 Å². The van der Waals surface area contributed by atoms with Gasteiger partial charge < -0.3 is 9.88 Å². The number of aromatic nitrogens is 1. The number of thiazole rings is 1. The van der Waals surface area contributed by atoms with Crippen LogP contribution >= 0.6 is 11.3 Å². The van der Waals surface area contributed by atoms with Crippen molar-refractivity contribution in [3.63, 3.8) is 0 Å². The van der Waals surface area contributed by atoms with Crippen LogP contribution in [-0.4, -0.2) is 18.9 Å². The summed E-state index contributed by atoms with van der Waals surface area (Å²) < 4.78 is 23.6. The van der Waals surface area contributed by atoms with Crippen LogP contribution in [0.15, 0.2) is 34.0 Å². The Kier molecular flexibility index (Phi) is 3.99. The van der Waals surface area contributed by atoms with Crippen molar-refractivity contribution in [2.24, 2.45) is 12.2 Å². The van der Waals surface area contributed by atoms with E-state index in [1.807, 2.05) is 0 Å². The summed E-state index contributed by atoms with van der Waals surface area (Å²) in [6.07, 6.45) is 0. The largest absolute Gasteiger partial charge is 0.321 e. The van der Waals surface area contributed by atoms with Crippen molar-refractivity contribution in [3.05, 3.63) is 44.5 Å². The Hall–Kier alpha value is -1.97. The molecule has 0 atom stereocenters. The third-order valence-corrected chi connectivity index (χ3v) is 5.00. The smallest absolute Gasteiger partial charge is 0.307 e. The molecule has 3 N–H and O–H groups in total. The van der Waals surface area contributed by atoms with Crippen LogP contribution in [0.2, 0.25) is 0 Å². The van der Waals surface area contributed by atoms with Crippen LogP contribution in [0.1, 0.15) is 15.4 Å². The first-order chi connectivity index (χ1) is 9.70. The van der Waals surface area contributed by atoms with Gasteiger partial charge >= 0.3 is 4.87 Å². The van der Waals surface area contributed by atoms with Crippen molar-refractivity contribution in [3.8, 4) is 0 Å². The molecule has 112 valence electrons. The lowest BCUT2D eigenvalue weighted by atomic mass is 10.3. The van der Waals surface area contributed by atoms with Gasteiger partial charge in [0.05, 0.1) is 4.90 Å². The Morgan fingerprint density at radius 3 is 2.29 bits per heavy atom. The summed E-state index contributed by atoms with van der Waals surface area (Å²) in [7, 11) is -2.18. The maximum Gasteiger partial charge on any atom is 0.307 e. The van der Waals surface area contributed by atoms with E-state index in [0.29, 0.717) is 16.3 Å². The third kappa shape index (κ3) is 3.20. The molecule has 0 aliphatic heterocycles. The number of anilines is 1. The van der Waals surface area contributed by atoms with Gasteiger partial charge in [-0.3, -0.25) is 9.59 Å². The number of carbonyl (C=O) groups excluding carboxylic acids is 1. The molecule has 0 aliphatic carbocycles. The molecule has 1 aromatic carbocycles. The van der Waals surface area contributed by atoms with Crippen molar-refractivity contribution in [2.75, 3.05) is 5.32 Å². The Labute approximate surface area is 125 Å². The van der Waals surface area contributed by atoms with Crippen molar-refractivity contribution in [1.29, 1.82) is 0 Å². The number of hydrogen-bond acceptors (Lipinski definition) is 5. The van der Waals surface area contributed by atoms with Gasteiger partial charge in [0.15, 0.2) is 0 Å². The van der Waals surface area contributed by atoms with E-state index >= 15 is 0 Å². The molecule has 0 spiro atoms. The molecule has 0 bridgehead atoms. The third-order valence-electron chi connectivity index (χ3n) is 2.94. The zero-order valence-corrected chi connectivity index (χ0v) is 12.9. The fourth-order valence-corrected chi connectivity index (χ4v) is 3.04. The predicted octanol–water partition coefficient (Wildman–Crippen LogP) is 0.655. The normalized spacial score (nSPS) is 11.4. The van der Waals surface area contributed by atoms with Gasteiger partial charge in [-0.2, -0.15) is 0 Å². The summed E-state index contributed by atoms with van der Waals surface area (Å²) in [5, 5.41) is 7.59. The van der Waals surface area contributed by atoms with Gasteiger partial charge in [0.25, 0.3) is 5.91 Å². The Balaban J connectivity index is 2.24. The zero-order chi connectivity index (χ0) is 15.8. The Bertz CT molecular complexity index is 848. The van der Waals surface area contributed by atoms with E-state index < -0.39 is 15.9 Å². The topological polar surface area (TPSA) is 111 Å². The molecule has 2 aromatic rings. The van der Waals surface area contributed by atoms with Crippen LogP contribution in [0, 0.1) is 6.92 Å². The zero-order valence-electron chi connectivity index (χ0n) is 11.3. The predicted molar refractivity (Wildman–Crippen MR) is 80.1 cm³/mol. The fourth-order valence-electron chi connectivity index (χ4n) is 1.65. The lowest BCUT2D eigenvalue weighted by Crippen LogP contribution is -2.14. The van der Waals surface area contributed by atoms with E-state index in [4.69, 9.17) is 5.14 Å². The van der Waals surface area contributed by atoms with Crippen LogP contribution < -0.4 is 15.3 Å². The molecule has 0 fully saturated rings. The van der Waals surface area contributed by atoms with E-state index in [1.54, 1.807) is 14.0 Å². The minimum absolute atomic E-state index is 0.0407. The molecule has 9 heteroatoms. The van der Waals surface area contributed by atoms with Crippen LogP contribution in [-0.2, 0) is 17.1 Å². The number of rotatable bonds is 3. The summed E-state index contributed by atoms with van der Waals surface area (Å²) >= 11 is 0.855. The molecule has 1 aromatic heterocycles. The summed E-state index contributed by atoms with van der Waals surface area (Å²) in [5.74, 6) is -0.418. The van der Waals surface area contributed by atoms with Gasteiger partial charge in [-0.25, -0.2) is 13.6 Å². The number of hydrogen-bond donors (Lipinski definition) is 2. The molecule has 0 saturated carbocycles. The van der Waals surface area contributed by atoms with Gasteiger partial charge in [0, 0.05) is 18.4 Å². The average molecular weight is 327 g/mol. The summed E-state index contributed by atoms with van der Waals surface area (Å²) in [5.41, 5.74) is 0.985. The maximum absolute atomic E-state index is 12.1. The summed E-state index contributed by atoms with van der Waals surface area (Å²) in [4.78, 5) is 23.6. The van der Waals surface area contributed by atoms with Gasteiger partial charge in [-0.05, 0) is 31.2 Å². The maximum atomic E-state index is 12.1. The molecule has 0 saturated heterocycles. The summed E-state index contributed by atoms with van der Waals surface area (Å²) in [6, 6.07) is 5.45. The van der Waals surface area contributed by atoms with E-state index in [2.05, 4.69) is 5.32 Å². The quantitative estimate of drug-likeness (QED) is 0.862. The fraction of sp³-hybridized carbons (Fsp3) is 0.167. The second kappa shape index (κ2) is 5.43. The molecule has 0 unspecified atom stereocenters. The highest BCUT2D eigenvalue weighted by atomic mass is 32.2. The van der Waals surface area contributed by atoms with E-state index in [9.17, 15) is 18.0 Å². The van der Waals surface area contributed by atoms with Crippen molar-refractivity contribution >= 4 is 33.0 Å². The first-order valence-electron chi connectivity index (χ1n) is 5.81. The number of nitrogens with two attached hydrogens (primary N) is 1. The minimum atomic E-state index is -3.76. The molecule has 0 aliphatic rings. The first-order valence-corrected chi connectivity index (χ1v) is 8.17. The highest BCUT2D eigenvalue weighted by Crippen LogP contribution is 2.16. The van der Waals surface area contributed by atoms with E-state index in [1.165, 1.54) is 28.8 Å². The molecule has 0 radical (unpaired) electrons. The van der Waals surface area contributed by atoms with Crippen molar-refractivity contribution in [2.45, 2.75) is 11.8 Å².